The first-order chi connectivity index (χ1) is 16.7. The molecule has 1 aliphatic rings. The van der Waals surface area contributed by atoms with Crippen LogP contribution in [0, 0.1) is 6.92 Å². The number of ether oxygens (including phenoxy) is 1. The highest BCUT2D eigenvalue weighted by molar-refractivity contribution is 7.18. The average molecular weight is 471 g/mol. The lowest BCUT2D eigenvalue weighted by Gasteiger charge is -2.21. The second kappa shape index (κ2) is 8.58. The van der Waals surface area contributed by atoms with Crippen LogP contribution in [0.5, 0.6) is 0 Å². The van der Waals surface area contributed by atoms with E-state index in [9.17, 15) is 4.79 Å². The molecule has 9 heteroatoms. The van der Waals surface area contributed by atoms with E-state index in [0.29, 0.717) is 11.4 Å². The van der Waals surface area contributed by atoms with E-state index >= 15 is 0 Å². The molecule has 0 aliphatic carbocycles. The summed E-state index contributed by atoms with van der Waals surface area (Å²) >= 11 is 1.53. The highest BCUT2D eigenvalue weighted by Crippen LogP contribution is 2.40. The van der Waals surface area contributed by atoms with Gasteiger partial charge in [-0.25, -0.2) is 19.6 Å². The largest absolute Gasteiger partial charge is 0.356 e. The number of nitrogens with zero attached hydrogens (tertiary/aromatic N) is 6. The van der Waals surface area contributed by atoms with Crippen molar-refractivity contribution in [1.82, 2.24) is 29.1 Å². The Labute approximate surface area is 199 Å². The number of hydrogen-bond acceptors (Lipinski definition) is 7. The van der Waals surface area contributed by atoms with Gasteiger partial charge in [0.1, 0.15) is 27.6 Å². The van der Waals surface area contributed by atoms with Crippen molar-refractivity contribution in [3.05, 3.63) is 66.2 Å². The SMILES string of the molecule is Cc1nc2ccc(C=O)cn2c1-c1nc(-c2ccccc2)c(-c2ncn(C3CCCCO3)n2)s1. The van der Waals surface area contributed by atoms with Gasteiger partial charge in [-0.05, 0) is 38.3 Å². The molecule has 1 aromatic carbocycles. The Morgan fingerprint density at radius 1 is 1.12 bits per heavy atom. The van der Waals surface area contributed by atoms with Gasteiger partial charge in [0.15, 0.2) is 18.3 Å². The van der Waals surface area contributed by atoms with Crippen LogP contribution in [0.3, 0.4) is 0 Å². The minimum absolute atomic E-state index is 0.0784. The molecule has 0 radical (unpaired) electrons. The Bertz CT molecular complexity index is 1480. The van der Waals surface area contributed by atoms with Crippen molar-refractivity contribution < 1.29 is 9.53 Å². The molecule has 0 saturated carbocycles. The van der Waals surface area contributed by atoms with Crippen molar-refractivity contribution in [2.45, 2.75) is 32.4 Å². The molecule has 5 heterocycles. The van der Waals surface area contributed by atoms with Crippen molar-refractivity contribution >= 4 is 23.3 Å². The van der Waals surface area contributed by atoms with Crippen molar-refractivity contribution in [3.8, 4) is 32.7 Å². The number of carbonyl (C=O) groups excluding carboxylic acids is 1. The first kappa shape index (κ1) is 20.9. The minimum Gasteiger partial charge on any atom is -0.356 e. The molecule has 0 amide bonds. The zero-order chi connectivity index (χ0) is 23.1. The van der Waals surface area contributed by atoms with Gasteiger partial charge in [0.25, 0.3) is 0 Å². The van der Waals surface area contributed by atoms with Gasteiger partial charge in [-0.1, -0.05) is 30.3 Å². The van der Waals surface area contributed by atoms with E-state index in [1.54, 1.807) is 18.6 Å². The molecule has 8 nitrogen and oxygen atoms in total. The number of aromatic nitrogens is 6. The van der Waals surface area contributed by atoms with Crippen LogP contribution >= 0.6 is 11.3 Å². The maximum Gasteiger partial charge on any atom is 0.193 e. The second-order valence-electron chi connectivity index (χ2n) is 8.29. The summed E-state index contributed by atoms with van der Waals surface area (Å²) < 4.78 is 9.63. The number of pyridine rings is 1. The first-order valence-electron chi connectivity index (χ1n) is 11.2. The minimum atomic E-state index is -0.0784. The van der Waals surface area contributed by atoms with Crippen molar-refractivity contribution in [2.24, 2.45) is 0 Å². The summed E-state index contributed by atoms with van der Waals surface area (Å²) in [4.78, 5) is 26.6. The molecule has 170 valence electrons. The molecule has 0 N–H and O–H groups in total. The molecule has 6 rings (SSSR count). The van der Waals surface area contributed by atoms with Crippen molar-refractivity contribution in [2.75, 3.05) is 6.61 Å². The summed E-state index contributed by atoms with van der Waals surface area (Å²) in [6.07, 6.45) is 7.44. The summed E-state index contributed by atoms with van der Waals surface area (Å²) in [5.74, 6) is 0.622. The third-order valence-electron chi connectivity index (χ3n) is 5.99. The molecule has 0 bridgehead atoms. The van der Waals surface area contributed by atoms with E-state index < -0.39 is 0 Å². The quantitative estimate of drug-likeness (QED) is 0.328. The normalized spacial score (nSPS) is 16.2. The second-order valence-corrected chi connectivity index (χ2v) is 9.29. The number of hydrogen-bond donors (Lipinski definition) is 0. The van der Waals surface area contributed by atoms with Crippen molar-refractivity contribution in [1.29, 1.82) is 0 Å². The van der Waals surface area contributed by atoms with Gasteiger partial charge >= 0.3 is 0 Å². The molecule has 0 spiro atoms. The van der Waals surface area contributed by atoms with Crippen LogP contribution < -0.4 is 0 Å². The summed E-state index contributed by atoms with van der Waals surface area (Å²) in [6.45, 7) is 2.70. The third-order valence-corrected chi connectivity index (χ3v) is 7.05. The van der Waals surface area contributed by atoms with Gasteiger partial charge in [0.2, 0.25) is 0 Å². The molecule has 1 unspecified atom stereocenters. The number of fused-ring (bicyclic) bond motifs is 1. The number of benzene rings is 1. The number of thiazole rings is 1. The Morgan fingerprint density at radius 2 is 2.00 bits per heavy atom. The van der Waals surface area contributed by atoms with Crippen LogP contribution in [0.2, 0.25) is 0 Å². The Kier molecular flexibility index (Phi) is 5.27. The lowest BCUT2D eigenvalue weighted by atomic mass is 10.1. The van der Waals surface area contributed by atoms with Gasteiger partial charge in [-0.3, -0.25) is 9.20 Å². The van der Waals surface area contributed by atoms with Crippen LogP contribution in [-0.4, -0.2) is 42.0 Å². The lowest BCUT2D eigenvalue weighted by molar-refractivity contribution is -0.0395. The molecular formula is C25H22N6O2S. The number of carbonyl (C=O) groups is 1. The molecule has 5 aromatic rings. The molecule has 1 atom stereocenters. The molecule has 1 aliphatic heterocycles. The van der Waals surface area contributed by atoms with Crippen LogP contribution in [0.25, 0.3) is 38.3 Å². The molecular weight excluding hydrogens is 448 g/mol. The zero-order valence-electron chi connectivity index (χ0n) is 18.6. The smallest absolute Gasteiger partial charge is 0.193 e. The maximum absolute atomic E-state index is 11.4. The fourth-order valence-corrected chi connectivity index (χ4v) is 5.44. The fraction of sp³-hybridized carbons (Fsp3) is 0.240. The predicted molar refractivity (Wildman–Crippen MR) is 130 cm³/mol. The number of rotatable bonds is 5. The fourth-order valence-electron chi connectivity index (χ4n) is 4.32. The van der Waals surface area contributed by atoms with Crippen LogP contribution in [0.15, 0.2) is 55.0 Å². The monoisotopic (exact) mass is 470 g/mol. The van der Waals surface area contributed by atoms with E-state index in [1.165, 1.54) is 11.3 Å². The zero-order valence-corrected chi connectivity index (χ0v) is 19.4. The van der Waals surface area contributed by atoms with E-state index in [2.05, 4.69) is 9.97 Å². The Balaban J connectivity index is 1.50. The average Bonchev–Trinajstić information content (AvgIpc) is 3.61. The van der Waals surface area contributed by atoms with E-state index in [-0.39, 0.29) is 6.23 Å². The maximum atomic E-state index is 11.4. The predicted octanol–water partition coefficient (Wildman–Crippen LogP) is 5.20. The highest BCUT2D eigenvalue weighted by Gasteiger charge is 2.24. The summed E-state index contributed by atoms with van der Waals surface area (Å²) in [5, 5.41) is 5.58. The van der Waals surface area contributed by atoms with Crippen LogP contribution in [0.1, 0.15) is 41.5 Å². The van der Waals surface area contributed by atoms with Gasteiger partial charge < -0.3 is 4.74 Å². The van der Waals surface area contributed by atoms with Crippen molar-refractivity contribution in [3.63, 3.8) is 0 Å². The molecule has 1 saturated heterocycles. The molecule has 34 heavy (non-hydrogen) atoms. The summed E-state index contributed by atoms with van der Waals surface area (Å²) in [7, 11) is 0. The van der Waals surface area contributed by atoms with Crippen LogP contribution in [-0.2, 0) is 4.74 Å². The van der Waals surface area contributed by atoms with Gasteiger partial charge in [0, 0.05) is 23.9 Å². The summed E-state index contributed by atoms with van der Waals surface area (Å²) in [5.41, 5.74) is 4.88. The number of aldehydes is 1. The Morgan fingerprint density at radius 3 is 2.79 bits per heavy atom. The van der Waals surface area contributed by atoms with Gasteiger partial charge in [0.05, 0.1) is 11.4 Å². The molecule has 1 fully saturated rings. The summed E-state index contributed by atoms with van der Waals surface area (Å²) in [6, 6.07) is 13.7. The number of aryl methyl sites for hydroxylation is 1. The topological polar surface area (TPSA) is 87.2 Å². The lowest BCUT2D eigenvalue weighted by Crippen LogP contribution is -2.18. The number of imidazole rings is 1. The van der Waals surface area contributed by atoms with E-state index in [1.807, 2.05) is 52.4 Å². The van der Waals surface area contributed by atoms with E-state index in [0.717, 1.165) is 70.3 Å². The first-order valence-corrected chi connectivity index (χ1v) is 12.1. The third kappa shape index (κ3) is 3.63. The Hall–Kier alpha value is -3.69. The standard InChI is InChI=1S/C25H22N6O2S/c1-16-22(30-13-17(14-32)10-11-19(30)27-16)25-28-21(18-7-3-2-4-8-18)23(34-25)24-26-15-31(29-24)20-9-5-6-12-33-20/h2-4,7-8,10-11,13-15,20H,5-6,9,12H2,1H3. The van der Waals surface area contributed by atoms with Crippen LogP contribution in [0.4, 0.5) is 0 Å². The van der Waals surface area contributed by atoms with Gasteiger partial charge in [-0.15, -0.1) is 16.4 Å². The molecule has 4 aromatic heterocycles. The van der Waals surface area contributed by atoms with Gasteiger partial charge in [-0.2, -0.15) is 0 Å². The van der Waals surface area contributed by atoms with E-state index in [4.69, 9.17) is 14.8 Å². The highest BCUT2D eigenvalue weighted by atomic mass is 32.1.